The lowest BCUT2D eigenvalue weighted by atomic mass is 9.62. The quantitative estimate of drug-likeness (QED) is 0.536. The van der Waals surface area contributed by atoms with Crippen LogP contribution in [0.25, 0.3) is 0 Å². The van der Waals surface area contributed by atoms with Crippen LogP contribution in [0.2, 0.25) is 0 Å². The molecule has 0 spiro atoms. The van der Waals surface area contributed by atoms with E-state index in [2.05, 4.69) is 12.2 Å². The molecule has 3 atom stereocenters. The van der Waals surface area contributed by atoms with E-state index in [-0.39, 0.29) is 29.1 Å². The Balaban J connectivity index is 1.90. The Morgan fingerprint density at radius 2 is 1.86 bits per heavy atom. The van der Waals surface area contributed by atoms with Gasteiger partial charge in [-0.15, -0.1) is 0 Å². The third-order valence-corrected chi connectivity index (χ3v) is 7.42. The Labute approximate surface area is 174 Å². The smallest absolute Gasteiger partial charge is 0.243 e. The van der Waals surface area contributed by atoms with Crippen molar-refractivity contribution < 1.29 is 14.4 Å². The molecule has 5 nitrogen and oxygen atoms in total. The second-order valence-electron chi connectivity index (χ2n) is 9.36. The number of likely N-dealkylation sites (tertiary alicyclic amines) is 1. The molecule has 3 amide bonds. The molecule has 5 heteroatoms. The highest BCUT2D eigenvalue weighted by molar-refractivity contribution is 6.07. The van der Waals surface area contributed by atoms with Gasteiger partial charge in [-0.2, -0.15) is 0 Å². The summed E-state index contributed by atoms with van der Waals surface area (Å²) >= 11 is 0. The monoisotopic (exact) mass is 398 g/mol. The average molecular weight is 399 g/mol. The summed E-state index contributed by atoms with van der Waals surface area (Å²) in [6.45, 7) is 8.70. The van der Waals surface area contributed by atoms with Gasteiger partial charge in [0.2, 0.25) is 17.7 Å². The minimum absolute atomic E-state index is 0.181. The van der Waals surface area contributed by atoms with Gasteiger partial charge in [-0.25, -0.2) is 0 Å². The Bertz CT molecular complexity index is 774. The number of benzene rings is 1. The molecule has 2 fully saturated rings. The summed E-state index contributed by atoms with van der Waals surface area (Å²) < 4.78 is 0. The third kappa shape index (κ3) is 3.72. The molecule has 1 aliphatic carbocycles. The minimum Gasteiger partial charge on any atom is -0.354 e. The topological polar surface area (TPSA) is 66.5 Å². The maximum atomic E-state index is 13.6. The van der Waals surface area contributed by atoms with Gasteiger partial charge in [-0.3, -0.25) is 19.3 Å². The van der Waals surface area contributed by atoms with Crippen LogP contribution >= 0.6 is 0 Å². The molecule has 2 bridgehead atoms. The number of fused-ring (bicyclic) bond motifs is 2. The molecule has 1 aromatic carbocycles. The molecule has 1 saturated heterocycles. The van der Waals surface area contributed by atoms with Crippen LogP contribution in [0.1, 0.15) is 65.4 Å². The highest BCUT2D eigenvalue weighted by Crippen LogP contribution is 2.60. The van der Waals surface area contributed by atoms with Gasteiger partial charge in [0.25, 0.3) is 0 Å². The van der Waals surface area contributed by atoms with Crippen LogP contribution in [-0.4, -0.2) is 35.2 Å². The first-order valence-corrected chi connectivity index (χ1v) is 10.9. The Morgan fingerprint density at radius 3 is 2.52 bits per heavy atom. The van der Waals surface area contributed by atoms with Gasteiger partial charge in [0.1, 0.15) is 6.04 Å². The SMILES string of the molecule is CCCCCNC(=O)C(Cc1ccccc1)N1C(=O)C2CCC(C)(C1=O)C2(C)C. The molecule has 0 radical (unpaired) electrons. The Hall–Kier alpha value is -2.17. The number of imide groups is 1. The predicted octanol–water partition coefficient (Wildman–Crippen LogP) is 3.72. The van der Waals surface area contributed by atoms with Gasteiger partial charge in [0.15, 0.2) is 0 Å². The van der Waals surface area contributed by atoms with Crippen LogP contribution in [0.15, 0.2) is 30.3 Å². The standard InChI is InChI=1S/C24H34N2O3/c1-5-6-10-15-25-20(27)19(16-17-11-8-7-9-12-17)26-21(28)18-13-14-24(4,22(26)29)23(18,2)3/h7-9,11-12,18-19H,5-6,10,13-16H2,1-4H3,(H,25,27). The fourth-order valence-electron chi connectivity index (χ4n) is 4.99. The molecule has 1 aromatic rings. The number of rotatable bonds is 8. The van der Waals surface area contributed by atoms with Gasteiger partial charge >= 0.3 is 0 Å². The van der Waals surface area contributed by atoms with E-state index in [1.165, 1.54) is 4.90 Å². The zero-order valence-corrected chi connectivity index (χ0v) is 18.2. The van der Waals surface area contributed by atoms with Crippen LogP contribution < -0.4 is 5.32 Å². The highest BCUT2D eigenvalue weighted by Gasteiger charge is 2.65. The molecule has 1 heterocycles. The van der Waals surface area contributed by atoms with Crippen molar-refractivity contribution in [3.8, 4) is 0 Å². The molecular weight excluding hydrogens is 364 g/mol. The van der Waals surface area contributed by atoms with Crippen LogP contribution in [-0.2, 0) is 20.8 Å². The van der Waals surface area contributed by atoms with Gasteiger partial charge in [0.05, 0.1) is 5.41 Å². The summed E-state index contributed by atoms with van der Waals surface area (Å²) in [4.78, 5) is 41.4. The van der Waals surface area contributed by atoms with Crippen molar-refractivity contribution in [2.75, 3.05) is 6.54 Å². The normalized spacial score (nSPS) is 26.5. The first-order valence-electron chi connectivity index (χ1n) is 10.9. The van der Waals surface area contributed by atoms with E-state index in [0.717, 1.165) is 24.8 Å². The van der Waals surface area contributed by atoms with E-state index in [9.17, 15) is 14.4 Å². The lowest BCUT2D eigenvalue weighted by Gasteiger charge is -2.49. The van der Waals surface area contributed by atoms with Crippen LogP contribution in [0.3, 0.4) is 0 Å². The summed E-state index contributed by atoms with van der Waals surface area (Å²) in [6.07, 6.45) is 4.76. The number of carbonyl (C=O) groups is 3. The number of unbranched alkanes of at least 4 members (excludes halogenated alkanes) is 2. The van der Waals surface area contributed by atoms with Crippen LogP contribution in [0.5, 0.6) is 0 Å². The van der Waals surface area contributed by atoms with Gasteiger partial charge in [-0.05, 0) is 30.2 Å². The van der Waals surface area contributed by atoms with E-state index in [1.807, 2.05) is 51.1 Å². The number of hydrogen-bond acceptors (Lipinski definition) is 3. The molecule has 1 saturated carbocycles. The fourth-order valence-corrected chi connectivity index (χ4v) is 4.99. The molecule has 1 aliphatic heterocycles. The van der Waals surface area contributed by atoms with Crippen molar-refractivity contribution in [1.82, 2.24) is 10.2 Å². The molecule has 2 aliphatic rings. The summed E-state index contributed by atoms with van der Waals surface area (Å²) in [5, 5.41) is 2.97. The first kappa shape index (κ1) is 21.5. The Morgan fingerprint density at radius 1 is 1.17 bits per heavy atom. The largest absolute Gasteiger partial charge is 0.354 e. The fraction of sp³-hybridized carbons (Fsp3) is 0.625. The van der Waals surface area contributed by atoms with E-state index >= 15 is 0 Å². The van der Waals surface area contributed by atoms with E-state index in [1.54, 1.807) is 0 Å². The molecule has 29 heavy (non-hydrogen) atoms. The molecule has 0 aromatic heterocycles. The first-order chi connectivity index (χ1) is 13.7. The number of amides is 3. The second-order valence-corrected chi connectivity index (χ2v) is 9.36. The maximum Gasteiger partial charge on any atom is 0.243 e. The van der Waals surface area contributed by atoms with Crippen molar-refractivity contribution >= 4 is 17.7 Å². The number of hydrogen-bond donors (Lipinski definition) is 1. The van der Waals surface area contributed by atoms with Gasteiger partial charge < -0.3 is 5.32 Å². The third-order valence-electron chi connectivity index (χ3n) is 7.42. The van der Waals surface area contributed by atoms with Crippen molar-refractivity contribution in [1.29, 1.82) is 0 Å². The summed E-state index contributed by atoms with van der Waals surface area (Å²) in [5.74, 6) is -0.809. The summed E-state index contributed by atoms with van der Waals surface area (Å²) in [6, 6.07) is 8.84. The highest BCUT2D eigenvalue weighted by atomic mass is 16.2. The van der Waals surface area contributed by atoms with E-state index in [0.29, 0.717) is 25.8 Å². The lowest BCUT2D eigenvalue weighted by molar-refractivity contribution is -0.173. The Kier molecular flexibility index (Phi) is 6.16. The average Bonchev–Trinajstić information content (AvgIpc) is 2.88. The van der Waals surface area contributed by atoms with E-state index < -0.39 is 11.5 Å². The van der Waals surface area contributed by atoms with Crippen molar-refractivity contribution in [2.45, 2.75) is 72.3 Å². The molecule has 3 unspecified atom stereocenters. The van der Waals surface area contributed by atoms with Gasteiger partial charge in [-0.1, -0.05) is 70.9 Å². The van der Waals surface area contributed by atoms with Crippen LogP contribution in [0.4, 0.5) is 0 Å². The zero-order chi connectivity index (χ0) is 21.2. The molecule has 158 valence electrons. The minimum atomic E-state index is -0.796. The second kappa shape index (κ2) is 8.29. The number of nitrogens with zero attached hydrogens (tertiary/aromatic N) is 1. The summed E-state index contributed by atoms with van der Waals surface area (Å²) in [5.41, 5.74) is -0.0422. The predicted molar refractivity (Wildman–Crippen MR) is 113 cm³/mol. The molecule has 3 rings (SSSR count). The molecule has 1 N–H and O–H groups in total. The van der Waals surface area contributed by atoms with Gasteiger partial charge in [0, 0.05) is 18.9 Å². The van der Waals surface area contributed by atoms with Crippen molar-refractivity contribution in [3.63, 3.8) is 0 Å². The number of carbonyl (C=O) groups excluding carboxylic acids is 3. The number of nitrogens with one attached hydrogen (secondary N) is 1. The zero-order valence-electron chi connectivity index (χ0n) is 18.2. The van der Waals surface area contributed by atoms with E-state index in [4.69, 9.17) is 0 Å². The van der Waals surface area contributed by atoms with Crippen molar-refractivity contribution in [2.24, 2.45) is 16.7 Å². The number of piperidine rings is 1. The molecular formula is C24H34N2O3. The van der Waals surface area contributed by atoms with Crippen molar-refractivity contribution in [3.05, 3.63) is 35.9 Å². The summed E-state index contributed by atoms with van der Waals surface area (Å²) in [7, 11) is 0. The lowest BCUT2D eigenvalue weighted by Crippen LogP contribution is -2.64. The van der Waals surface area contributed by atoms with Crippen LogP contribution in [0, 0.1) is 16.7 Å². The maximum absolute atomic E-state index is 13.6.